The van der Waals surface area contributed by atoms with Crippen molar-refractivity contribution < 1.29 is 19.1 Å². The highest BCUT2D eigenvalue weighted by molar-refractivity contribution is 7.09. The van der Waals surface area contributed by atoms with Gasteiger partial charge in [-0.25, -0.2) is 0 Å². The third-order valence-electron chi connectivity index (χ3n) is 6.74. The molecule has 4 rings (SSSR count). The van der Waals surface area contributed by atoms with Crippen molar-refractivity contribution in [2.24, 2.45) is 5.73 Å². The first kappa shape index (κ1) is 27.6. The summed E-state index contributed by atoms with van der Waals surface area (Å²) in [6, 6.07) is 11.7. The van der Waals surface area contributed by atoms with Gasteiger partial charge in [0.15, 0.2) is 5.69 Å². The Morgan fingerprint density at radius 2 is 1.92 bits per heavy atom. The fourth-order valence-electron chi connectivity index (χ4n) is 4.30. The number of amides is 3. The van der Waals surface area contributed by atoms with E-state index in [1.165, 1.54) is 12.0 Å². The summed E-state index contributed by atoms with van der Waals surface area (Å²) in [7, 11) is 1.49. The van der Waals surface area contributed by atoms with Gasteiger partial charge in [0.1, 0.15) is 16.7 Å². The molecule has 0 saturated heterocycles. The number of aromatic nitrogens is 2. The van der Waals surface area contributed by atoms with Gasteiger partial charge in [0.2, 0.25) is 5.91 Å². The lowest BCUT2D eigenvalue weighted by Gasteiger charge is -2.35. The third-order valence-corrected chi connectivity index (χ3v) is 7.59. The number of ether oxygens (including phenoxy) is 1. The van der Waals surface area contributed by atoms with Crippen molar-refractivity contribution in [3.8, 4) is 5.75 Å². The van der Waals surface area contributed by atoms with Crippen LogP contribution in [0.1, 0.15) is 64.5 Å². The number of anilines is 2. The van der Waals surface area contributed by atoms with E-state index in [2.05, 4.69) is 14.7 Å². The number of hydrogen-bond acceptors (Lipinski definition) is 7. The first-order valence-electron chi connectivity index (χ1n) is 12.4. The number of nitrogens with two attached hydrogens (primary N) is 2. The number of carbonyl (C=O) groups excluding carboxylic acids is 3. The Kier molecular flexibility index (Phi) is 7.64. The standard InChI is InChI=1S/C28H32N6O4S/c1-6-28(3,4)32-26(36)23(17-14-31-18-10-8-7-9-16(17)18)34(19-13-15(2)11-12-20(19)38-5)27(37)24-21(29)22(25(30)35)33-39-24/h7-14,23,31H,6,29H2,1-5H3,(H2,30,35)(H,32,36)/t23-/m0/s1. The van der Waals surface area contributed by atoms with Crippen molar-refractivity contribution in [3.63, 3.8) is 0 Å². The Labute approximate surface area is 230 Å². The predicted molar refractivity (Wildman–Crippen MR) is 153 cm³/mol. The number of nitrogens with one attached hydrogen (secondary N) is 2. The molecule has 0 radical (unpaired) electrons. The summed E-state index contributed by atoms with van der Waals surface area (Å²) in [6.45, 7) is 7.67. The zero-order valence-electron chi connectivity index (χ0n) is 22.5. The lowest BCUT2D eigenvalue weighted by Crippen LogP contribution is -2.50. The van der Waals surface area contributed by atoms with Gasteiger partial charge in [-0.1, -0.05) is 31.2 Å². The van der Waals surface area contributed by atoms with Gasteiger partial charge in [0.05, 0.1) is 18.5 Å². The summed E-state index contributed by atoms with van der Waals surface area (Å²) in [5.74, 6) is -1.50. The molecule has 6 N–H and O–H groups in total. The number of nitrogens with zero attached hydrogens (tertiary/aromatic N) is 2. The first-order chi connectivity index (χ1) is 18.5. The molecule has 0 fully saturated rings. The number of aryl methyl sites for hydroxylation is 1. The van der Waals surface area contributed by atoms with E-state index >= 15 is 0 Å². The predicted octanol–water partition coefficient (Wildman–Crippen LogP) is 4.32. The van der Waals surface area contributed by atoms with Gasteiger partial charge in [-0.2, -0.15) is 4.37 Å². The van der Waals surface area contributed by atoms with E-state index in [1.807, 2.05) is 58.0 Å². The van der Waals surface area contributed by atoms with Crippen LogP contribution in [0.3, 0.4) is 0 Å². The third kappa shape index (κ3) is 5.30. The summed E-state index contributed by atoms with van der Waals surface area (Å²) in [4.78, 5) is 45.1. The number of carbonyl (C=O) groups is 3. The van der Waals surface area contributed by atoms with Crippen LogP contribution in [0.15, 0.2) is 48.7 Å². The van der Waals surface area contributed by atoms with Gasteiger partial charge in [-0.15, -0.1) is 0 Å². The maximum absolute atomic E-state index is 14.4. The van der Waals surface area contributed by atoms with Crippen molar-refractivity contribution >= 4 is 51.5 Å². The van der Waals surface area contributed by atoms with E-state index in [9.17, 15) is 14.4 Å². The summed E-state index contributed by atoms with van der Waals surface area (Å²) >= 11 is 0.754. The second-order valence-corrected chi connectivity index (χ2v) is 10.7. The number of fused-ring (bicyclic) bond motifs is 1. The van der Waals surface area contributed by atoms with Crippen LogP contribution in [-0.4, -0.2) is 39.7 Å². The van der Waals surface area contributed by atoms with Crippen LogP contribution in [0, 0.1) is 6.92 Å². The maximum atomic E-state index is 14.4. The number of aromatic amines is 1. The molecule has 10 nitrogen and oxygen atoms in total. The van der Waals surface area contributed by atoms with Crippen LogP contribution in [-0.2, 0) is 4.79 Å². The summed E-state index contributed by atoms with van der Waals surface area (Å²) in [6.07, 6.45) is 2.38. The number of primary amides is 1. The molecule has 11 heteroatoms. The minimum atomic E-state index is -1.14. The number of H-pyrrole nitrogens is 1. The normalized spacial score (nSPS) is 12.2. The molecule has 0 saturated carbocycles. The van der Waals surface area contributed by atoms with Crippen LogP contribution in [0.4, 0.5) is 11.4 Å². The fraction of sp³-hybridized carbons (Fsp3) is 0.286. The van der Waals surface area contributed by atoms with Crippen molar-refractivity contribution in [2.45, 2.75) is 45.7 Å². The molecule has 204 valence electrons. The van der Waals surface area contributed by atoms with E-state index in [0.717, 1.165) is 28.0 Å². The molecule has 2 heterocycles. The maximum Gasteiger partial charge on any atom is 0.273 e. The van der Waals surface area contributed by atoms with E-state index in [1.54, 1.807) is 18.3 Å². The van der Waals surface area contributed by atoms with Crippen molar-refractivity contribution in [2.75, 3.05) is 17.7 Å². The minimum absolute atomic E-state index is 0.0141. The van der Waals surface area contributed by atoms with E-state index in [4.69, 9.17) is 16.2 Å². The van der Waals surface area contributed by atoms with Crippen molar-refractivity contribution in [3.05, 3.63) is 70.4 Å². The second kappa shape index (κ2) is 10.8. The first-order valence-corrected chi connectivity index (χ1v) is 13.2. The van der Waals surface area contributed by atoms with Crippen LogP contribution in [0.5, 0.6) is 5.75 Å². The Morgan fingerprint density at radius 1 is 1.21 bits per heavy atom. The van der Waals surface area contributed by atoms with Gasteiger partial charge >= 0.3 is 0 Å². The molecule has 2 aromatic carbocycles. The topological polar surface area (TPSA) is 156 Å². The number of methoxy groups -OCH3 is 1. The van der Waals surface area contributed by atoms with Crippen LogP contribution >= 0.6 is 11.5 Å². The molecular formula is C28H32N6O4S. The highest BCUT2D eigenvalue weighted by Crippen LogP contribution is 2.40. The lowest BCUT2D eigenvalue weighted by atomic mass is 9.97. The Hall–Kier alpha value is -4.38. The molecule has 1 atom stereocenters. The van der Waals surface area contributed by atoms with Gasteiger partial charge in [-0.05, 0) is 62.5 Å². The number of para-hydroxylation sites is 1. The SMILES string of the molecule is CCC(C)(C)NC(=O)[C@H](c1c[nH]c2ccccc12)N(C(=O)c1snc(C(N)=O)c1N)c1cc(C)ccc1OC. The minimum Gasteiger partial charge on any atom is -0.495 e. The molecule has 3 amide bonds. The molecule has 4 aromatic rings. The number of rotatable bonds is 9. The fourth-order valence-corrected chi connectivity index (χ4v) is 5.04. The number of hydrogen-bond donors (Lipinski definition) is 4. The van der Waals surface area contributed by atoms with E-state index in [-0.39, 0.29) is 16.3 Å². The van der Waals surface area contributed by atoms with E-state index < -0.39 is 29.3 Å². The van der Waals surface area contributed by atoms with Crippen molar-refractivity contribution in [1.82, 2.24) is 14.7 Å². The highest BCUT2D eigenvalue weighted by atomic mass is 32.1. The zero-order chi connectivity index (χ0) is 28.5. The van der Waals surface area contributed by atoms with Crippen LogP contribution in [0.2, 0.25) is 0 Å². The summed E-state index contributed by atoms with van der Waals surface area (Å²) < 4.78 is 9.67. The molecular weight excluding hydrogens is 516 g/mol. The van der Waals surface area contributed by atoms with Gasteiger partial charge < -0.3 is 26.5 Å². The number of nitrogen functional groups attached to an aromatic ring is 1. The summed E-state index contributed by atoms with van der Waals surface area (Å²) in [5, 5.41) is 3.87. The molecule has 0 aliphatic rings. The second-order valence-electron chi connectivity index (χ2n) is 9.91. The lowest BCUT2D eigenvalue weighted by molar-refractivity contribution is -0.124. The Balaban J connectivity index is 2.02. The molecule has 0 aliphatic heterocycles. The quantitative estimate of drug-likeness (QED) is 0.244. The molecule has 39 heavy (non-hydrogen) atoms. The monoisotopic (exact) mass is 548 g/mol. The summed E-state index contributed by atoms with van der Waals surface area (Å²) in [5.41, 5.74) is 13.3. The van der Waals surface area contributed by atoms with Crippen molar-refractivity contribution in [1.29, 1.82) is 0 Å². The Morgan fingerprint density at radius 3 is 2.56 bits per heavy atom. The van der Waals surface area contributed by atoms with E-state index in [0.29, 0.717) is 23.4 Å². The van der Waals surface area contributed by atoms with Gasteiger partial charge in [0, 0.05) is 28.2 Å². The largest absolute Gasteiger partial charge is 0.495 e. The molecule has 2 aromatic heterocycles. The molecule has 0 bridgehead atoms. The Bertz CT molecular complexity index is 1560. The smallest absolute Gasteiger partial charge is 0.273 e. The molecule has 0 spiro atoms. The molecule has 0 aliphatic carbocycles. The van der Waals surface area contributed by atoms with Gasteiger partial charge in [-0.3, -0.25) is 19.3 Å². The van der Waals surface area contributed by atoms with Gasteiger partial charge in [0.25, 0.3) is 11.8 Å². The number of benzene rings is 2. The zero-order valence-corrected chi connectivity index (χ0v) is 23.3. The van der Waals surface area contributed by atoms with Crippen LogP contribution < -0.4 is 26.4 Å². The highest BCUT2D eigenvalue weighted by Gasteiger charge is 2.39. The molecule has 0 unspecified atom stereocenters. The average molecular weight is 549 g/mol. The van der Waals surface area contributed by atoms with Crippen LogP contribution in [0.25, 0.3) is 10.9 Å². The average Bonchev–Trinajstić information content (AvgIpc) is 3.50.